The highest BCUT2D eigenvalue weighted by Gasteiger charge is 2.35. The first-order chi connectivity index (χ1) is 23.1. The predicted molar refractivity (Wildman–Crippen MR) is 201 cm³/mol. The summed E-state index contributed by atoms with van der Waals surface area (Å²) in [6, 6.07) is 62.6. The third kappa shape index (κ3) is 4.44. The van der Waals surface area contributed by atoms with Crippen molar-refractivity contribution in [3.8, 4) is 55.6 Å². The fraction of sp³-hybridized carbons (Fsp3) is 0.0638. The van der Waals surface area contributed by atoms with Crippen LogP contribution in [-0.4, -0.2) is 0 Å². The maximum Gasteiger partial charge on any atom is 0.0159 e. The summed E-state index contributed by atoms with van der Waals surface area (Å²) in [6.45, 7) is 4.74. The molecule has 1 aliphatic rings. The lowest BCUT2D eigenvalue weighted by Gasteiger charge is -2.23. The molecule has 0 heteroatoms. The molecule has 8 aromatic rings. The van der Waals surface area contributed by atoms with E-state index < -0.39 is 0 Å². The van der Waals surface area contributed by atoms with Crippen molar-refractivity contribution in [2.45, 2.75) is 19.3 Å². The van der Waals surface area contributed by atoms with Crippen LogP contribution in [0.25, 0.3) is 77.2 Å². The van der Waals surface area contributed by atoms with Crippen molar-refractivity contribution >= 4 is 21.5 Å². The van der Waals surface area contributed by atoms with E-state index in [1.54, 1.807) is 0 Å². The summed E-state index contributed by atoms with van der Waals surface area (Å²) in [5.74, 6) is 0. The summed E-state index contributed by atoms with van der Waals surface area (Å²) in [6.07, 6.45) is 0. The van der Waals surface area contributed by atoms with Crippen molar-refractivity contribution < 1.29 is 0 Å². The summed E-state index contributed by atoms with van der Waals surface area (Å²) in [7, 11) is 0. The molecule has 222 valence electrons. The van der Waals surface area contributed by atoms with Gasteiger partial charge in [-0.3, -0.25) is 0 Å². The lowest BCUT2D eigenvalue weighted by atomic mass is 9.80. The van der Waals surface area contributed by atoms with Gasteiger partial charge in [0.25, 0.3) is 0 Å². The van der Waals surface area contributed by atoms with Gasteiger partial charge in [0, 0.05) is 5.41 Å². The van der Waals surface area contributed by atoms with Crippen molar-refractivity contribution in [3.05, 3.63) is 181 Å². The Kier molecular flexibility index (Phi) is 6.27. The molecule has 0 saturated heterocycles. The second-order valence-electron chi connectivity index (χ2n) is 13.3. The van der Waals surface area contributed by atoms with Gasteiger partial charge in [-0.05, 0) is 107 Å². The summed E-state index contributed by atoms with van der Waals surface area (Å²) < 4.78 is 0. The fourth-order valence-corrected chi connectivity index (χ4v) is 7.84. The average Bonchev–Trinajstić information content (AvgIpc) is 3.36. The minimum atomic E-state index is -0.0690. The molecule has 1 aliphatic carbocycles. The van der Waals surface area contributed by atoms with Crippen LogP contribution in [0, 0.1) is 0 Å². The lowest BCUT2D eigenvalue weighted by molar-refractivity contribution is 0.661. The Labute approximate surface area is 276 Å². The van der Waals surface area contributed by atoms with Gasteiger partial charge in [0.15, 0.2) is 0 Å². The lowest BCUT2D eigenvalue weighted by Crippen LogP contribution is -2.14. The molecule has 0 atom stereocenters. The van der Waals surface area contributed by atoms with Gasteiger partial charge in [0.2, 0.25) is 0 Å². The summed E-state index contributed by atoms with van der Waals surface area (Å²) in [5.41, 5.74) is 15.4. The Hall–Kier alpha value is -5.72. The molecule has 0 spiro atoms. The predicted octanol–water partition coefficient (Wildman–Crippen LogP) is 13.0. The van der Waals surface area contributed by atoms with E-state index >= 15 is 0 Å². The second-order valence-corrected chi connectivity index (χ2v) is 13.3. The smallest absolute Gasteiger partial charge is 0.0159 e. The maximum atomic E-state index is 2.49. The summed E-state index contributed by atoms with van der Waals surface area (Å²) >= 11 is 0. The fourth-order valence-electron chi connectivity index (χ4n) is 7.84. The van der Waals surface area contributed by atoms with Crippen molar-refractivity contribution in [3.63, 3.8) is 0 Å². The highest BCUT2D eigenvalue weighted by molar-refractivity contribution is 6.11. The van der Waals surface area contributed by atoms with Gasteiger partial charge in [-0.15, -0.1) is 0 Å². The van der Waals surface area contributed by atoms with Gasteiger partial charge >= 0.3 is 0 Å². The molecule has 47 heavy (non-hydrogen) atoms. The first-order valence-electron chi connectivity index (χ1n) is 16.5. The molecule has 0 unspecified atom stereocenters. The van der Waals surface area contributed by atoms with Crippen LogP contribution in [0.15, 0.2) is 170 Å². The zero-order chi connectivity index (χ0) is 31.5. The van der Waals surface area contributed by atoms with E-state index in [1.165, 1.54) is 88.3 Å². The van der Waals surface area contributed by atoms with Gasteiger partial charge in [-0.25, -0.2) is 0 Å². The molecule has 0 aromatic heterocycles. The van der Waals surface area contributed by atoms with Gasteiger partial charge in [0.1, 0.15) is 0 Å². The Balaban J connectivity index is 1.23. The van der Waals surface area contributed by atoms with Crippen molar-refractivity contribution in [1.82, 2.24) is 0 Å². The SMILES string of the molecule is CC1(C)c2ccccc2-c2cc3c(-c4cccc5ccccc45)ccc(-c4ccc(-c5cccc(-c6ccccc6)c5)cc4)c3cc21. The normalized spacial score (nSPS) is 13.1. The molecule has 0 amide bonds. The zero-order valence-corrected chi connectivity index (χ0v) is 26.7. The molecule has 0 radical (unpaired) electrons. The first-order valence-corrected chi connectivity index (χ1v) is 16.5. The Morgan fingerprint density at radius 1 is 0.298 bits per heavy atom. The third-order valence-electron chi connectivity index (χ3n) is 10.3. The van der Waals surface area contributed by atoms with Crippen LogP contribution in [0.3, 0.4) is 0 Å². The van der Waals surface area contributed by atoms with Crippen LogP contribution >= 0.6 is 0 Å². The Morgan fingerprint density at radius 3 is 1.68 bits per heavy atom. The summed E-state index contributed by atoms with van der Waals surface area (Å²) in [4.78, 5) is 0. The topological polar surface area (TPSA) is 0 Å². The van der Waals surface area contributed by atoms with E-state index in [4.69, 9.17) is 0 Å². The van der Waals surface area contributed by atoms with E-state index in [9.17, 15) is 0 Å². The molecule has 0 aliphatic heterocycles. The molecular weight excluding hydrogens is 565 g/mol. The van der Waals surface area contributed by atoms with Crippen LogP contribution in [0.5, 0.6) is 0 Å². The van der Waals surface area contributed by atoms with E-state index in [2.05, 4.69) is 184 Å². The number of hydrogen-bond donors (Lipinski definition) is 0. The van der Waals surface area contributed by atoms with E-state index in [0.29, 0.717) is 0 Å². The molecule has 0 fully saturated rings. The number of rotatable bonds is 4. The largest absolute Gasteiger partial charge is 0.0622 e. The standard InChI is InChI=1S/C47H34/c1-47(2)45-21-9-8-19-41(45)44-29-42-40(39-20-11-15-33-14-6-7-18-37(33)39)27-26-38(43(42)30-46(44)47)34-24-22-32(23-25-34)36-17-10-16-35(28-36)31-12-4-3-5-13-31/h3-30H,1-2H3. The van der Waals surface area contributed by atoms with Crippen molar-refractivity contribution in [2.24, 2.45) is 0 Å². The van der Waals surface area contributed by atoms with Gasteiger partial charge in [0.05, 0.1) is 0 Å². The van der Waals surface area contributed by atoms with Gasteiger partial charge in [-0.2, -0.15) is 0 Å². The zero-order valence-electron chi connectivity index (χ0n) is 26.7. The molecule has 9 rings (SSSR count). The van der Waals surface area contributed by atoms with Crippen LogP contribution < -0.4 is 0 Å². The van der Waals surface area contributed by atoms with E-state index in [-0.39, 0.29) is 5.41 Å². The molecule has 0 N–H and O–H groups in total. The van der Waals surface area contributed by atoms with Crippen LogP contribution in [0.1, 0.15) is 25.0 Å². The molecule has 0 heterocycles. The van der Waals surface area contributed by atoms with Gasteiger partial charge in [-0.1, -0.05) is 166 Å². The van der Waals surface area contributed by atoms with Crippen LogP contribution in [-0.2, 0) is 5.41 Å². The molecular formula is C47H34. The second kappa shape index (κ2) is 10.7. The highest BCUT2D eigenvalue weighted by Crippen LogP contribution is 2.51. The molecule has 8 aromatic carbocycles. The average molecular weight is 599 g/mol. The molecule has 0 saturated carbocycles. The van der Waals surface area contributed by atoms with Gasteiger partial charge < -0.3 is 0 Å². The number of benzene rings is 8. The minimum absolute atomic E-state index is 0.0690. The van der Waals surface area contributed by atoms with E-state index in [0.717, 1.165) is 0 Å². The molecule has 0 bridgehead atoms. The number of fused-ring (bicyclic) bond motifs is 5. The Bertz CT molecular complexity index is 2460. The third-order valence-corrected chi connectivity index (χ3v) is 10.3. The minimum Gasteiger partial charge on any atom is -0.0622 e. The quantitative estimate of drug-likeness (QED) is 0.189. The highest BCUT2D eigenvalue weighted by atomic mass is 14.4. The molecule has 0 nitrogen and oxygen atoms in total. The van der Waals surface area contributed by atoms with E-state index in [1.807, 2.05) is 0 Å². The maximum absolute atomic E-state index is 2.49. The summed E-state index contributed by atoms with van der Waals surface area (Å²) in [5, 5.41) is 5.15. The first kappa shape index (κ1) is 27.6. The van der Waals surface area contributed by atoms with Crippen molar-refractivity contribution in [1.29, 1.82) is 0 Å². The monoisotopic (exact) mass is 598 g/mol. The Morgan fingerprint density at radius 2 is 0.851 bits per heavy atom. The van der Waals surface area contributed by atoms with Crippen LogP contribution in [0.4, 0.5) is 0 Å². The number of hydrogen-bond acceptors (Lipinski definition) is 0. The van der Waals surface area contributed by atoms with Crippen molar-refractivity contribution in [2.75, 3.05) is 0 Å². The van der Waals surface area contributed by atoms with Crippen LogP contribution in [0.2, 0.25) is 0 Å².